The van der Waals surface area contributed by atoms with Crippen LogP contribution in [0.25, 0.3) is 0 Å². The number of rotatable bonds is 4. The Kier molecular flexibility index (Phi) is 4.07. The van der Waals surface area contributed by atoms with E-state index >= 15 is 0 Å². The number of aryl methyl sites for hydroxylation is 1. The van der Waals surface area contributed by atoms with Crippen molar-refractivity contribution >= 4 is 11.4 Å². The van der Waals surface area contributed by atoms with Gasteiger partial charge in [-0.1, -0.05) is 18.2 Å². The molecule has 3 nitrogen and oxygen atoms in total. The summed E-state index contributed by atoms with van der Waals surface area (Å²) < 4.78 is 5.26. The quantitative estimate of drug-likeness (QED) is 0.912. The van der Waals surface area contributed by atoms with E-state index in [-0.39, 0.29) is 0 Å². The molecule has 0 spiro atoms. The highest BCUT2D eigenvalue weighted by atomic mass is 16.5. The van der Waals surface area contributed by atoms with Crippen LogP contribution < -0.4 is 15.4 Å². The third kappa shape index (κ3) is 2.88. The Morgan fingerprint density at radius 1 is 1.16 bits per heavy atom. The van der Waals surface area contributed by atoms with Gasteiger partial charge in [-0.3, -0.25) is 0 Å². The van der Waals surface area contributed by atoms with E-state index in [1.54, 1.807) is 7.11 Å². The standard InChI is InChI=1S/C16H20N2O/c1-12-9-13(11-17)7-8-16(12)18(2)14-5-4-6-15(10-14)19-3/h4-10H,11,17H2,1-3H3. The normalized spacial score (nSPS) is 10.3. The molecule has 2 aromatic rings. The molecule has 19 heavy (non-hydrogen) atoms. The number of hydrogen-bond donors (Lipinski definition) is 1. The van der Waals surface area contributed by atoms with E-state index in [0.29, 0.717) is 6.54 Å². The largest absolute Gasteiger partial charge is 0.497 e. The predicted octanol–water partition coefficient (Wildman–Crippen LogP) is 3.23. The van der Waals surface area contributed by atoms with Gasteiger partial charge in [0, 0.05) is 31.0 Å². The average molecular weight is 256 g/mol. The molecule has 0 unspecified atom stereocenters. The second-order valence-corrected chi connectivity index (χ2v) is 4.59. The number of nitrogens with zero attached hydrogens (tertiary/aromatic N) is 1. The van der Waals surface area contributed by atoms with Crippen LogP contribution in [0.4, 0.5) is 11.4 Å². The number of ether oxygens (including phenoxy) is 1. The third-order valence-electron chi connectivity index (χ3n) is 3.30. The lowest BCUT2D eigenvalue weighted by Crippen LogP contribution is -2.11. The molecular weight excluding hydrogens is 236 g/mol. The van der Waals surface area contributed by atoms with Crippen LogP contribution in [0.15, 0.2) is 42.5 Å². The van der Waals surface area contributed by atoms with Crippen molar-refractivity contribution in [1.29, 1.82) is 0 Å². The lowest BCUT2D eigenvalue weighted by atomic mass is 10.1. The van der Waals surface area contributed by atoms with E-state index in [0.717, 1.165) is 17.0 Å². The number of methoxy groups -OCH3 is 1. The topological polar surface area (TPSA) is 38.5 Å². The summed E-state index contributed by atoms with van der Waals surface area (Å²) in [5, 5.41) is 0. The summed E-state index contributed by atoms with van der Waals surface area (Å²) in [5.41, 5.74) is 10.3. The van der Waals surface area contributed by atoms with E-state index in [9.17, 15) is 0 Å². The van der Waals surface area contributed by atoms with Crippen molar-refractivity contribution in [2.45, 2.75) is 13.5 Å². The zero-order valence-corrected chi connectivity index (χ0v) is 11.7. The van der Waals surface area contributed by atoms with Gasteiger partial charge in [0.2, 0.25) is 0 Å². The molecule has 2 rings (SSSR count). The summed E-state index contributed by atoms with van der Waals surface area (Å²) in [6.07, 6.45) is 0. The van der Waals surface area contributed by atoms with Gasteiger partial charge in [-0.25, -0.2) is 0 Å². The van der Waals surface area contributed by atoms with Crippen LogP contribution >= 0.6 is 0 Å². The summed E-state index contributed by atoms with van der Waals surface area (Å²) in [4.78, 5) is 2.15. The second kappa shape index (κ2) is 5.76. The fourth-order valence-electron chi connectivity index (χ4n) is 2.18. The number of nitrogens with two attached hydrogens (primary N) is 1. The molecule has 100 valence electrons. The summed E-state index contributed by atoms with van der Waals surface area (Å²) in [5.74, 6) is 0.862. The molecule has 0 fully saturated rings. The van der Waals surface area contributed by atoms with Gasteiger partial charge >= 0.3 is 0 Å². The zero-order chi connectivity index (χ0) is 13.8. The van der Waals surface area contributed by atoms with Crippen LogP contribution in [0.5, 0.6) is 5.75 Å². The molecule has 2 N–H and O–H groups in total. The predicted molar refractivity (Wildman–Crippen MR) is 80.1 cm³/mol. The Morgan fingerprint density at radius 3 is 2.58 bits per heavy atom. The fourth-order valence-corrected chi connectivity index (χ4v) is 2.18. The Balaban J connectivity index is 2.35. The van der Waals surface area contributed by atoms with Crippen LogP contribution in [0.2, 0.25) is 0 Å². The van der Waals surface area contributed by atoms with Gasteiger partial charge in [0.1, 0.15) is 5.75 Å². The third-order valence-corrected chi connectivity index (χ3v) is 3.30. The van der Waals surface area contributed by atoms with Crippen molar-refractivity contribution in [3.63, 3.8) is 0 Å². The van der Waals surface area contributed by atoms with Crippen molar-refractivity contribution < 1.29 is 4.74 Å². The molecule has 0 saturated heterocycles. The van der Waals surface area contributed by atoms with Crippen LogP contribution in [0.3, 0.4) is 0 Å². The van der Waals surface area contributed by atoms with Crippen LogP contribution in [-0.2, 0) is 6.54 Å². The lowest BCUT2D eigenvalue weighted by Gasteiger charge is -2.22. The molecule has 0 atom stereocenters. The lowest BCUT2D eigenvalue weighted by molar-refractivity contribution is 0.415. The minimum absolute atomic E-state index is 0.573. The first-order valence-electron chi connectivity index (χ1n) is 6.33. The molecule has 0 saturated carbocycles. The van der Waals surface area contributed by atoms with Crippen molar-refractivity contribution in [2.24, 2.45) is 5.73 Å². The van der Waals surface area contributed by atoms with Crippen LogP contribution in [-0.4, -0.2) is 14.2 Å². The maximum Gasteiger partial charge on any atom is 0.120 e. The first-order valence-corrected chi connectivity index (χ1v) is 6.33. The number of benzene rings is 2. The second-order valence-electron chi connectivity index (χ2n) is 4.59. The molecule has 0 bridgehead atoms. The summed E-state index contributed by atoms with van der Waals surface area (Å²) in [6.45, 7) is 2.68. The highest BCUT2D eigenvalue weighted by molar-refractivity contribution is 5.67. The molecule has 3 heteroatoms. The fraction of sp³-hybridized carbons (Fsp3) is 0.250. The van der Waals surface area contributed by atoms with Gasteiger partial charge in [-0.2, -0.15) is 0 Å². The Bertz CT molecular complexity index is 566. The average Bonchev–Trinajstić information content (AvgIpc) is 2.46. The van der Waals surface area contributed by atoms with E-state index in [2.05, 4.69) is 43.1 Å². The van der Waals surface area contributed by atoms with Crippen LogP contribution in [0.1, 0.15) is 11.1 Å². The molecule has 0 amide bonds. The van der Waals surface area contributed by atoms with Gasteiger partial charge in [-0.15, -0.1) is 0 Å². The first-order chi connectivity index (χ1) is 9.15. The smallest absolute Gasteiger partial charge is 0.120 e. The first kappa shape index (κ1) is 13.4. The van der Waals surface area contributed by atoms with Gasteiger partial charge in [0.25, 0.3) is 0 Å². The van der Waals surface area contributed by atoms with Crippen molar-refractivity contribution in [2.75, 3.05) is 19.1 Å². The Hall–Kier alpha value is -2.00. The van der Waals surface area contributed by atoms with Gasteiger partial charge in [0.05, 0.1) is 7.11 Å². The van der Waals surface area contributed by atoms with Gasteiger partial charge < -0.3 is 15.4 Å². The van der Waals surface area contributed by atoms with Crippen LogP contribution in [0, 0.1) is 6.92 Å². The van der Waals surface area contributed by atoms with E-state index in [1.807, 2.05) is 18.2 Å². The summed E-state index contributed by atoms with van der Waals surface area (Å²) >= 11 is 0. The van der Waals surface area contributed by atoms with E-state index in [4.69, 9.17) is 10.5 Å². The molecule has 0 heterocycles. The van der Waals surface area contributed by atoms with Gasteiger partial charge in [-0.05, 0) is 36.2 Å². The molecule has 0 radical (unpaired) electrons. The summed E-state index contributed by atoms with van der Waals surface area (Å²) in [7, 11) is 3.74. The minimum Gasteiger partial charge on any atom is -0.497 e. The highest BCUT2D eigenvalue weighted by Crippen LogP contribution is 2.29. The highest BCUT2D eigenvalue weighted by Gasteiger charge is 2.08. The van der Waals surface area contributed by atoms with E-state index < -0.39 is 0 Å². The number of hydrogen-bond acceptors (Lipinski definition) is 3. The molecular formula is C16H20N2O. The Labute approximate surface area is 114 Å². The maximum absolute atomic E-state index is 5.66. The van der Waals surface area contributed by atoms with Crippen molar-refractivity contribution in [3.8, 4) is 5.75 Å². The SMILES string of the molecule is COc1cccc(N(C)c2ccc(CN)cc2C)c1. The molecule has 2 aromatic carbocycles. The number of anilines is 2. The van der Waals surface area contributed by atoms with E-state index in [1.165, 1.54) is 11.3 Å². The molecule has 0 aliphatic rings. The minimum atomic E-state index is 0.573. The zero-order valence-electron chi connectivity index (χ0n) is 11.7. The molecule has 0 aliphatic heterocycles. The van der Waals surface area contributed by atoms with Gasteiger partial charge in [0.15, 0.2) is 0 Å². The Morgan fingerprint density at radius 2 is 1.95 bits per heavy atom. The van der Waals surface area contributed by atoms with Crippen molar-refractivity contribution in [1.82, 2.24) is 0 Å². The molecule has 0 aromatic heterocycles. The summed E-state index contributed by atoms with van der Waals surface area (Å²) in [6, 6.07) is 14.3. The monoisotopic (exact) mass is 256 g/mol. The van der Waals surface area contributed by atoms with Crippen molar-refractivity contribution in [3.05, 3.63) is 53.6 Å². The maximum atomic E-state index is 5.66. The molecule has 0 aliphatic carbocycles.